The number of ether oxygens (including phenoxy) is 2. The molecule has 0 radical (unpaired) electrons. The lowest BCUT2D eigenvalue weighted by molar-refractivity contribution is -0.138. The largest absolute Gasteiger partial charge is 0.506 e. The van der Waals surface area contributed by atoms with Crippen molar-refractivity contribution in [3.8, 4) is 11.5 Å². The predicted molar refractivity (Wildman–Crippen MR) is 166 cm³/mol. The summed E-state index contributed by atoms with van der Waals surface area (Å²) in [6.07, 6.45) is -4.27. The molecule has 0 spiro atoms. The predicted octanol–water partition coefficient (Wildman–Crippen LogP) is 8.91. The van der Waals surface area contributed by atoms with Gasteiger partial charge >= 0.3 is 6.18 Å². The van der Waals surface area contributed by atoms with E-state index in [1.54, 1.807) is 12.1 Å². The number of aromatic hydroxyl groups is 1. The number of carbonyl (C=O) groups is 1. The zero-order valence-corrected chi connectivity index (χ0v) is 25.4. The lowest BCUT2D eigenvalue weighted by Crippen LogP contribution is -2.39. The molecule has 4 aromatic rings. The molecule has 1 atom stereocenters. The molecule has 238 valence electrons. The van der Waals surface area contributed by atoms with E-state index in [0.717, 1.165) is 11.6 Å². The summed E-state index contributed by atoms with van der Waals surface area (Å²) < 4.78 is 70.2. The van der Waals surface area contributed by atoms with Crippen molar-refractivity contribution in [2.24, 2.45) is 5.41 Å². The number of benzene rings is 4. The van der Waals surface area contributed by atoms with Crippen LogP contribution in [-0.4, -0.2) is 17.6 Å². The standard InChI is InChI=1S/C36H32F4N2O4/c1-21-24(11-7-12-26(21)36(38,39)40)34(44)42-29-13-8-14-30(43)31(29)41-28-18-35(2,3)20-46-33(28)32(42)25-16-15-23(17-27(25)37)45-19-22-9-5-4-6-10-22/h4-17,32,41,43H,18-20H2,1-3H3. The number of nitrogens with one attached hydrogen (secondary N) is 1. The SMILES string of the molecule is Cc1c(C(=O)N2c3cccc(O)c3NC3=C(OCC(C)(C)C3)C2c2ccc(OCc3ccccc3)cc2F)cccc1C(F)(F)F. The molecule has 2 heterocycles. The molecule has 4 aromatic carbocycles. The molecule has 1 unspecified atom stereocenters. The van der Waals surface area contributed by atoms with Crippen molar-refractivity contribution in [2.45, 2.75) is 46.0 Å². The van der Waals surface area contributed by atoms with E-state index >= 15 is 4.39 Å². The van der Waals surface area contributed by atoms with Crippen LogP contribution in [0.15, 0.2) is 96.4 Å². The number of fused-ring (bicyclic) bond motifs is 1. The van der Waals surface area contributed by atoms with E-state index in [0.29, 0.717) is 12.1 Å². The molecule has 0 aliphatic carbocycles. The summed E-state index contributed by atoms with van der Waals surface area (Å²) in [6, 6.07) is 20.3. The van der Waals surface area contributed by atoms with Crippen LogP contribution in [0.1, 0.15) is 58.9 Å². The van der Waals surface area contributed by atoms with Gasteiger partial charge in [0.1, 0.15) is 41.4 Å². The quantitative estimate of drug-likeness (QED) is 0.170. The van der Waals surface area contributed by atoms with Crippen molar-refractivity contribution < 1.29 is 36.9 Å². The topological polar surface area (TPSA) is 71.0 Å². The monoisotopic (exact) mass is 632 g/mol. The van der Waals surface area contributed by atoms with Crippen LogP contribution in [0.2, 0.25) is 0 Å². The highest BCUT2D eigenvalue weighted by molar-refractivity contribution is 6.10. The second-order valence-electron chi connectivity index (χ2n) is 12.3. The van der Waals surface area contributed by atoms with E-state index in [1.807, 2.05) is 44.2 Å². The Hall–Kier alpha value is -4.99. The maximum atomic E-state index is 16.3. The first kappa shape index (κ1) is 31.0. The van der Waals surface area contributed by atoms with Crippen molar-refractivity contribution in [3.05, 3.63) is 130 Å². The third-order valence-corrected chi connectivity index (χ3v) is 8.24. The summed E-state index contributed by atoms with van der Waals surface area (Å²) in [7, 11) is 0. The van der Waals surface area contributed by atoms with Gasteiger partial charge in [-0.3, -0.25) is 9.69 Å². The van der Waals surface area contributed by atoms with E-state index in [4.69, 9.17) is 9.47 Å². The summed E-state index contributed by atoms with van der Waals surface area (Å²) in [4.78, 5) is 15.8. The molecule has 10 heteroatoms. The highest BCUT2D eigenvalue weighted by atomic mass is 19.4. The van der Waals surface area contributed by atoms with E-state index in [9.17, 15) is 23.1 Å². The summed E-state index contributed by atoms with van der Waals surface area (Å²) in [5.41, 5.74) is -0.0725. The van der Waals surface area contributed by atoms with Crippen molar-refractivity contribution >= 4 is 17.3 Å². The van der Waals surface area contributed by atoms with Gasteiger partial charge in [0, 0.05) is 22.6 Å². The Balaban J connectivity index is 1.53. The minimum absolute atomic E-state index is 0.0373. The summed E-state index contributed by atoms with van der Waals surface area (Å²) >= 11 is 0. The van der Waals surface area contributed by atoms with Gasteiger partial charge in [0.25, 0.3) is 5.91 Å². The molecule has 1 amide bonds. The zero-order chi connectivity index (χ0) is 32.8. The molecule has 0 fully saturated rings. The van der Waals surface area contributed by atoms with Crippen LogP contribution in [0.4, 0.5) is 28.9 Å². The molecule has 6 nitrogen and oxygen atoms in total. The summed E-state index contributed by atoms with van der Waals surface area (Å²) in [5.74, 6) is -1.26. The lowest BCUT2D eigenvalue weighted by Gasteiger charge is -2.38. The highest BCUT2D eigenvalue weighted by Gasteiger charge is 2.44. The van der Waals surface area contributed by atoms with Crippen molar-refractivity contribution in [1.29, 1.82) is 0 Å². The Morgan fingerprint density at radius 3 is 2.50 bits per heavy atom. The van der Waals surface area contributed by atoms with Gasteiger partial charge in [0.2, 0.25) is 0 Å². The minimum atomic E-state index is -4.70. The van der Waals surface area contributed by atoms with Crippen LogP contribution in [0.5, 0.6) is 11.5 Å². The number of rotatable bonds is 5. The van der Waals surface area contributed by atoms with E-state index in [-0.39, 0.29) is 64.0 Å². The number of anilines is 2. The number of para-hydroxylation sites is 1. The third-order valence-electron chi connectivity index (χ3n) is 8.24. The number of allylic oxidation sites excluding steroid dienone is 1. The molecule has 0 aromatic heterocycles. The smallest absolute Gasteiger partial charge is 0.416 e. The Bertz CT molecular complexity index is 1840. The van der Waals surface area contributed by atoms with Crippen molar-refractivity contribution in [3.63, 3.8) is 0 Å². The van der Waals surface area contributed by atoms with E-state index in [1.165, 1.54) is 48.2 Å². The first-order valence-electron chi connectivity index (χ1n) is 14.8. The lowest BCUT2D eigenvalue weighted by atomic mass is 9.85. The molecule has 46 heavy (non-hydrogen) atoms. The van der Waals surface area contributed by atoms with Crippen molar-refractivity contribution in [2.75, 3.05) is 16.8 Å². The van der Waals surface area contributed by atoms with Gasteiger partial charge in [-0.1, -0.05) is 56.3 Å². The number of hydrogen-bond donors (Lipinski definition) is 2. The van der Waals surface area contributed by atoms with Crippen LogP contribution in [0, 0.1) is 18.2 Å². The van der Waals surface area contributed by atoms with Gasteiger partial charge in [0.15, 0.2) is 0 Å². The van der Waals surface area contributed by atoms with Gasteiger partial charge < -0.3 is 19.9 Å². The first-order valence-corrected chi connectivity index (χ1v) is 14.8. The maximum absolute atomic E-state index is 16.3. The van der Waals surface area contributed by atoms with Gasteiger partial charge in [-0.2, -0.15) is 13.2 Å². The average molecular weight is 633 g/mol. The minimum Gasteiger partial charge on any atom is -0.506 e. The van der Waals surface area contributed by atoms with Gasteiger partial charge in [-0.05, 0) is 60.9 Å². The van der Waals surface area contributed by atoms with Crippen LogP contribution in [-0.2, 0) is 17.5 Å². The molecule has 2 aliphatic rings. The number of hydrogen-bond acceptors (Lipinski definition) is 5. The number of phenolic OH excluding ortho intramolecular Hbond substituents is 1. The number of halogens is 4. The second-order valence-corrected chi connectivity index (χ2v) is 12.3. The fraction of sp³-hybridized carbons (Fsp3) is 0.250. The molecular weight excluding hydrogens is 600 g/mol. The maximum Gasteiger partial charge on any atom is 0.416 e. The fourth-order valence-corrected chi connectivity index (χ4v) is 5.96. The van der Waals surface area contributed by atoms with Crippen LogP contribution < -0.4 is 15.0 Å². The van der Waals surface area contributed by atoms with Crippen LogP contribution in [0.25, 0.3) is 0 Å². The molecular formula is C36H32F4N2O4. The summed E-state index contributed by atoms with van der Waals surface area (Å²) in [5, 5.41) is 14.2. The number of nitrogens with zero attached hydrogens (tertiary/aromatic N) is 1. The molecule has 0 saturated heterocycles. The van der Waals surface area contributed by atoms with Gasteiger partial charge in [-0.25, -0.2) is 4.39 Å². The number of carbonyl (C=O) groups excluding carboxylic acids is 1. The molecule has 0 bridgehead atoms. The Morgan fingerprint density at radius 2 is 1.78 bits per heavy atom. The van der Waals surface area contributed by atoms with Gasteiger partial charge in [0.05, 0.1) is 23.6 Å². The zero-order valence-electron chi connectivity index (χ0n) is 25.4. The Labute approximate surface area is 263 Å². The third kappa shape index (κ3) is 5.87. The number of alkyl halides is 3. The Kier molecular flexibility index (Phi) is 7.92. The van der Waals surface area contributed by atoms with E-state index < -0.39 is 29.5 Å². The number of amides is 1. The molecule has 2 N–H and O–H groups in total. The first-order chi connectivity index (χ1) is 21.8. The highest BCUT2D eigenvalue weighted by Crippen LogP contribution is 2.50. The van der Waals surface area contributed by atoms with Crippen molar-refractivity contribution in [1.82, 2.24) is 0 Å². The molecule has 0 saturated carbocycles. The normalized spacial score (nSPS) is 17.3. The van der Waals surface area contributed by atoms with Crippen LogP contribution >= 0.6 is 0 Å². The molecule has 2 aliphatic heterocycles. The fourth-order valence-electron chi connectivity index (χ4n) is 5.96. The summed E-state index contributed by atoms with van der Waals surface area (Å²) in [6.45, 7) is 5.63. The Morgan fingerprint density at radius 1 is 1.04 bits per heavy atom. The van der Waals surface area contributed by atoms with Crippen LogP contribution in [0.3, 0.4) is 0 Å². The van der Waals surface area contributed by atoms with E-state index in [2.05, 4.69) is 5.32 Å². The molecule has 6 rings (SSSR count). The van der Waals surface area contributed by atoms with Gasteiger partial charge in [-0.15, -0.1) is 0 Å². The second kappa shape index (κ2) is 11.7. The number of phenols is 1. The average Bonchev–Trinajstić information content (AvgIpc) is 3.14.